The molecule has 0 radical (unpaired) electrons. The zero-order valence-corrected chi connectivity index (χ0v) is 12.2. The molecule has 0 aromatic rings. The average Bonchev–Trinajstić information content (AvgIpc) is 2.36. The van der Waals surface area contributed by atoms with Crippen LogP contribution in [0.5, 0.6) is 0 Å². The fraction of sp³-hybridized carbons (Fsp3) is 0.846. The van der Waals surface area contributed by atoms with Gasteiger partial charge in [0.15, 0.2) is 0 Å². The van der Waals surface area contributed by atoms with E-state index in [-0.39, 0.29) is 11.8 Å². The summed E-state index contributed by atoms with van der Waals surface area (Å²) in [6, 6.07) is 0.310. The van der Waals surface area contributed by atoms with Gasteiger partial charge in [-0.3, -0.25) is 25.3 Å². The Kier molecular flexibility index (Phi) is 6.80. The number of hydrogen-bond acceptors (Lipinski definition) is 4. The largest absolute Gasteiger partial charge is 0.316 e. The number of rotatable bonds is 5. The highest BCUT2D eigenvalue weighted by atomic mass is 16.2. The minimum atomic E-state index is -0.263. The van der Waals surface area contributed by atoms with Gasteiger partial charge in [0.05, 0.1) is 6.54 Å². The van der Waals surface area contributed by atoms with Gasteiger partial charge in [-0.1, -0.05) is 0 Å². The maximum Gasteiger partial charge on any atom is 0.252 e. The molecule has 0 spiro atoms. The predicted molar refractivity (Wildman–Crippen MR) is 74.3 cm³/mol. The topological polar surface area (TPSA) is 73.5 Å². The van der Waals surface area contributed by atoms with Gasteiger partial charge in [-0.05, 0) is 45.7 Å². The molecule has 6 heteroatoms. The molecule has 1 aliphatic rings. The van der Waals surface area contributed by atoms with Crippen LogP contribution in [0.25, 0.3) is 0 Å². The lowest BCUT2D eigenvalue weighted by Crippen LogP contribution is -2.49. The summed E-state index contributed by atoms with van der Waals surface area (Å²) < 4.78 is 0. The molecule has 1 saturated heterocycles. The van der Waals surface area contributed by atoms with E-state index in [1.165, 1.54) is 19.8 Å². The Morgan fingerprint density at radius 2 is 2.11 bits per heavy atom. The van der Waals surface area contributed by atoms with Crippen molar-refractivity contribution in [2.45, 2.75) is 39.7 Å². The highest BCUT2D eigenvalue weighted by molar-refractivity contribution is 5.81. The number of nitrogens with one attached hydrogen (secondary N) is 3. The van der Waals surface area contributed by atoms with E-state index in [4.69, 9.17) is 0 Å². The van der Waals surface area contributed by atoms with Crippen molar-refractivity contribution in [2.75, 3.05) is 26.2 Å². The molecule has 0 aliphatic carbocycles. The summed E-state index contributed by atoms with van der Waals surface area (Å²) in [4.78, 5) is 24.6. The molecule has 1 aliphatic heterocycles. The maximum absolute atomic E-state index is 11.7. The molecule has 0 aromatic carbocycles. The molecule has 19 heavy (non-hydrogen) atoms. The van der Waals surface area contributed by atoms with Crippen LogP contribution >= 0.6 is 0 Å². The maximum atomic E-state index is 11.7. The first-order chi connectivity index (χ1) is 8.99. The average molecular weight is 270 g/mol. The number of piperidine rings is 1. The lowest BCUT2D eigenvalue weighted by atomic mass is 9.98. The van der Waals surface area contributed by atoms with Gasteiger partial charge in [-0.2, -0.15) is 0 Å². The molecule has 1 atom stereocenters. The Morgan fingerprint density at radius 1 is 1.37 bits per heavy atom. The van der Waals surface area contributed by atoms with Crippen LogP contribution in [0.4, 0.5) is 0 Å². The molecule has 1 unspecified atom stereocenters. The number of carbonyl (C=O) groups excluding carboxylic acids is 2. The van der Waals surface area contributed by atoms with Gasteiger partial charge in [0, 0.05) is 19.5 Å². The summed E-state index contributed by atoms with van der Waals surface area (Å²) >= 11 is 0. The van der Waals surface area contributed by atoms with Crippen molar-refractivity contribution in [1.29, 1.82) is 0 Å². The second-order valence-corrected chi connectivity index (χ2v) is 5.46. The molecule has 1 fully saturated rings. The third-order valence-corrected chi connectivity index (χ3v) is 3.35. The highest BCUT2D eigenvalue weighted by Crippen LogP contribution is 2.13. The standard InChI is InChI=1S/C13H26N4O2/c1-10(2)17(8-12-5-4-6-14-7-12)9-13(19)16-15-11(3)18/h10,12,14H,4-9H2,1-3H3,(H,15,18)(H,16,19). The van der Waals surface area contributed by atoms with Crippen LogP contribution in [0.2, 0.25) is 0 Å². The lowest BCUT2D eigenvalue weighted by molar-refractivity contribution is -0.128. The zero-order chi connectivity index (χ0) is 14.3. The van der Waals surface area contributed by atoms with Crippen LogP contribution in [-0.4, -0.2) is 48.9 Å². The van der Waals surface area contributed by atoms with E-state index >= 15 is 0 Å². The molecule has 0 aromatic heterocycles. The van der Waals surface area contributed by atoms with E-state index in [1.54, 1.807) is 0 Å². The van der Waals surface area contributed by atoms with E-state index in [1.807, 2.05) is 0 Å². The minimum Gasteiger partial charge on any atom is -0.316 e. The Morgan fingerprint density at radius 3 is 2.63 bits per heavy atom. The predicted octanol–water partition coefficient (Wildman–Crippen LogP) is -0.136. The number of amides is 2. The van der Waals surface area contributed by atoms with Crippen molar-refractivity contribution < 1.29 is 9.59 Å². The van der Waals surface area contributed by atoms with Crippen LogP contribution in [0.1, 0.15) is 33.6 Å². The Labute approximate surface area is 115 Å². The van der Waals surface area contributed by atoms with Gasteiger partial charge in [0.2, 0.25) is 5.91 Å². The van der Waals surface area contributed by atoms with Gasteiger partial charge in [-0.15, -0.1) is 0 Å². The van der Waals surface area contributed by atoms with Crippen LogP contribution in [0, 0.1) is 5.92 Å². The fourth-order valence-electron chi connectivity index (χ4n) is 2.25. The Bertz CT molecular complexity index is 301. The monoisotopic (exact) mass is 270 g/mol. The lowest BCUT2D eigenvalue weighted by Gasteiger charge is -2.32. The molecule has 1 rings (SSSR count). The van der Waals surface area contributed by atoms with Gasteiger partial charge < -0.3 is 5.32 Å². The summed E-state index contributed by atoms with van der Waals surface area (Å²) in [5.74, 6) is 0.165. The van der Waals surface area contributed by atoms with Crippen LogP contribution in [0.3, 0.4) is 0 Å². The van der Waals surface area contributed by atoms with E-state index in [0.717, 1.165) is 19.6 Å². The first-order valence-electron chi connectivity index (χ1n) is 6.99. The molecule has 0 bridgehead atoms. The van der Waals surface area contributed by atoms with Crippen LogP contribution in [0.15, 0.2) is 0 Å². The van der Waals surface area contributed by atoms with E-state index in [2.05, 4.69) is 34.9 Å². The summed E-state index contributed by atoms with van der Waals surface area (Å²) in [6.45, 7) is 8.89. The normalized spacial score (nSPS) is 19.5. The first-order valence-corrected chi connectivity index (χ1v) is 6.99. The second kappa shape index (κ2) is 8.12. The van der Waals surface area contributed by atoms with Gasteiger partial charge in [-0.25, -0.2) is 0 Å². The SMILES string of the molecule is CC(=O)NNC(=O)CN(CC1CCCNC1)C(C)C. The number of hydrazine groups is 1. The number of hydrogen-bond donors (Lipinski definition) is 3. The van der Waals surface area contributed by atoms with E-state index in [0.29, 0.717) is 18.5 Å². The smallest absolute Gasteiger partial charge is 0.252 e. The minimum absolute atomic E-state index is 0.173. The molecular formula is C13H26N4O2. The third kappa shape index (κ3) is 6.54. The summed E-state index contributed by atoms with van der Waals surface area (Å²) in [6.07, 6.45) is 2.41. The molecule has 3 N–H and O–H groups in total. The number of nitrogens with zero attached hydrogens (tertiary/aromatic N) is 1. The van der Waals surface area contributed by atoms with Crippen molar-refractivity contribution in [3.63, 3.8) is 0 Å². The van der Waals surface area contributed by atoms with Crippen molar-refractivity contribution in [2.24, 2.45) is 5.92 Å². The van der Waals surface area contributed by atoms with Crippen molar-refractivity contribution in [3.8, 4) is 0 Å². The zero-order valence-electron chi connectivity index (χ0n) is 12.2. The molecule has 0 saturated carbocycles. The molecule has 1 heterocycles. The van der Waals surface area contributed by atoms with Gasteiger partial charge in [0.25, 0.3) is 5.91 Å². The quantitative estimate of drug-likeness (QED) is 0.608. The van der Waals surface area contributed by atoms with Crippen molar-refractivity contribution in [3.05, 3.63) is 0 Å². The fourth-order valence-corrected chi connectivity index (χ4v) is 2.25. The molecule has 110 valence electrons. The summed E-state index contributed by atoms with van der Waals surface area (Å²) in [5.41, 5.74) is 4.72. The highest BCUT2D eigenvalue weighted by Gasteiger charge is 2.20. The third-order valence-electron chi connectivity index (χ3n) is 3.35. The summed E-state index contributed by atoms with van der Waals surface area (Å²) in [7, 11) is 0. The van der Waals surface area contributed by atoms with E-state index in [9.17, 15) is 9.59 Å². The van der Waals surface area contributed by atoms with Crippen molar-refractivity contribution in [1.82, 2.24) is 21.1 Å². The van der Waals surface area contributed by atoms with Gasteiger partial charge in [0.1, 0.15) is 0 Å². The molecular weight excluding hydrogens is 244 g/mol. The first kappa shape index (κ1) is 15.9. The number of carbonyl (C=O) groups is 2. The van der Waals surface area contributed by atoms with E-state index < -0.39 is 0 Å². The van der Waals surface area contributed by atoms with Crippen molar-refractivity contribution >= 4 is 11.8 Å². The Balaban J connectivity index is 2.38. The Hall–Kier alpha value is -1.14. The summed E-state index contributed by atoms with van der Waals surface area (Å²) in [5, 5.41) is 3.39. The van der Waals surface area contributed by atoms with Crippen LogP contribution in [-0.2, 0) is 9.59 Å². The van der Waals surface area contributed by atoms with Crippen LogP contribution < -0.4 is 16.2 Å². The molecule has 6 nitrogen and oxygen atoms in total. The van der Waals surface area contributed by atoms with Gasteiger partial charge >= 0.3 is 0 Å². The second-order valence-electron chi connectivity index (χ2n) is 5.46. The molecule has 2 amide bonds.